The van der Waals surface area contributed by atoms with Crippen LogP contribution >= 0.6 is 0 Å². The standard InChI is InChI=1S/C30H36O3/c1-4-20-16-23(9-12-27(20)31)24-8-7-15-30(19-24,25-10-13-28(32)21(5-2)17-25)26-11-14-29(33)22(6-3)18-26/h9-14,16-18,24,31-33H,4-8,15,19H2,1-3H3. The maximum atomic E-state index is 10.4. The summed E-state index contributed by atoms with van der Waals surface area (Å²) in [5, 5.41) is 30.9. The highest BCUT2D eigenvalue weighted by Gasteiger charge is 2.40. The number of hydrogen-bond acceptors (Lipinski definition) is 3. The van der Waals surface area contributed by atoms with Crippen molar-refractivity contribution >= 4 is 0 Å². The van der Waals surface area contributed by atoms with Gasteiger partial charge in [-0.05, 0) is 96.0 Å². The number of hydrogen-bond donors (Lipinski definition) is 3. The first-order chi connectivity index (χ1) is 15.9. The second-order valence-electron chi connectivity index (χ2n) is 9.51. The van der Waals surface area contributed by atoms with Crippen LogP contribution in [-0.4, -0.2) is 15.3 Å². The topological polar surface area (TPSA) is 60.7 Å². The summed E-state index contributed by atoms with van der Waals surface area (Å²) < 4.78 is 0. The Labute approximate surface area is 197 Å². The zero-order chi connectivity index (χ0) is 23.6. The second-order valence-corrected chi connectivity index (χ2v) is 9.51. The van der Waals surface area contributed by atoms with E-state index in [-0.39, 0.29) is 5.41 Å². The Kier molecular flexibility index (Phi) is 6.69. The predicted molar refractivity (Wildman–Crippen MR) is 134 cm³/mol. The molecule has 0 radical (unpaired) electrons. The van der Waals surface area contributed by atoms with Gasteiger partial charge < -0.3 is 15.3 Å². The summed E-state index contributed by atoms with van der Waals surface area (Å²) in [5.41, 5.74) is 6.52. The molecule has 1 unspecified atom stereocenters. The van der Waals surface area contributed by atoms with Crippen LogP contribution in [0.5, 0.6) is 17.2 Å². The van der Waals surface area contributed by atoms with E-state index < -0.39 is 0 Å². The lowest BCUT2D eigenvalue weighted by Crippen LogP contribution is -2.34. The lowest BCUT2D eigenvalue weighted by Gasteiger charge is -2.43. The molecule has 1 aliphatic rings. The Balaban J connectivity index is 1.86. The van der Waals surface area contributed by atoms with Crippen LogP contribution in [0.3, 0.4) is 0 Å². The average molecular weight is 445 g/mol. The van der Waals surface area contributed by atoms with Gasteiger partial charge >= 0.3 is 0 Å². The summed E-state index contributed by atoms with van der Waals surface area (Å²) in [6, 6.07) is 18.3. The first kappa shape index (κ1) is 23.2. The van der Waals surface area contributed by atoms with E-state index in [2.05, 4.69) is 57.2 Å². The van der Waals surface area contributed by atoms with Gasteiger partial charge in [0.05, 0.1) is 0 Å². The first-order valence-electron chi connectivity index (χ1n) is 12.4. The van der Waals surface area contributed by atoms with Gasteiger partial charge in [0.1, 0.15) is 17.2 Å². The molecule has 3 heteroatoms. The Bertz CT molecular complexity index is 1080. The average Bonchev–Trinajstić information content (AvgIpc) is 2.84. The van der Waals surface area contributed by atoms with Crippen LogP contribution in [0.2, 0.25) is 0 Å². The maximum absolute atomic E-state index is 10.4. The Hall–Kier alpha value is -2.94. The minimum Gasteiger partial charge on any atom is -0.508 e. The van der Waals surface area contributed by atoms with E-state index in [9.17, 15) is 15.3 Å². The zero-order valence-corrected chi connectivity index (χ0v) is 20.1. The van der Waals surface area contributed by atoms with Crippen molar-refractivity contribution in [2.75, 3.05) is 0 Å². The van der Waals surface area contributed by atoms with Gasteiger partial charge in [-0.25, -0.2) is 0 Å². The SMILES string of the molecule is CCc1cc(C2CCCC(c3ccc(O)c(CC)c3)(c3ccc(O)c(CC)c3)C2)ccc1O. The fraction of sp³-hybridized carbons (Fsp3) is 0.400. The highest BCUT2D eigenvalue weighted by atomic mass is 16.3. The minimum absolute atomic E-state index is 0.192. The molecule has 3 nitrogen and oxygen atoms in total. The van der Waals surface area contributed by atoms with Gasteiger partial charge in [-0.3, -0.25) is 0 Å². The van der Waals surface area contributed by atoms with Crippen molar-refractivity contribution < 1.29 is 15.3 Å². The van der Waals surface area contributed by atoms with Crippen LogP contribution in [0, 0.1) is 0 Å². The molecular formula is C30H36O3. The van der Waals surface area contributed by atoms with E-state index >= 15 is 0 Å². The van der Waals surface area contributed by atoms with E-state index in [0.717, 1.165) is 61.6 Å². The largest absolute Gasteiger partial charge is 0.508 e. The fourth-order valence-electron chi connectivity index (χ4n) is 5.73. The maximum Gasteiger partial charge on any atom is 0.118 e. The van der Waals surface area contributed by atoms with Crippen molar-refractivity contribution in [1.82, 2.24) is 0 Å². The highest BCUT2D eigenvalue weighted by Crippen LogP contribution is 2.51. The van der Waals surface area contributed by atoms with E-state index in [0.29, 0.717) is 23.2 Å². The quantitative estimate of drug-likeness (QED) is 0.379. The van der Waals surface area contributed by atoms with E-state index in [4.69, 9.17) is 0 Å². The van der Waals surface area contributed by atoms with Gasteiger partial charge in [-0.1, -0.05) is 63.6 Å². The van der Waals surface area contributed by atoms with Crippen LogP contribution in [0.1, 0.15) is 85.8 Å². The van der Waals surface area contributed by atoms with Gasteiger partial charge in [0.2, 0.25) is 0 Å². The molecule has 0 heterocycles. The first-order valence-corrected chi connectivity index (χ1v) is 12.4. The highest BCUT2D eigenvalue weighted by molar-refractivity contribution is 5.49. The van der Waals surface area contributed by atoms with Crippen molar-refractivity contribution in [3.05, 3.63) is 88.0 Å². The van der Waals surface area contributed by atoms with Gasteiger partial charge in [-0.2, -0.15) is 0 Å². The molecule has 1 fully saturated rings. The fourth-order valence-corrected chi connectivity index (χ4v) is 5.73. The Morgan fingerprint density at radius 1 is 0.697 bits per heavy atom. The van der Waals surface area contributed by atoms with Crippen molar-refractivity contribution in [2.24, 2.45) is 0 Å². The molecule has 0 aliphatic heterocycles. The third kappa shape index (κ3) is 4.34. The van der Waals surface area contributed by atoms with Crippen LogP contribution in [0.4, 0.5) is 0 Å². The third-order valence-electron chi connectivity index (χ3n) is 7.73. The predicted octanol–water partition coefficient (Wildman–Crippen LogP) is 7.13. The van der Waals surface area contributed by atoms with E-state index in [1.54, 1.807) is 0 Å². The molecule has 0 amide bonds. The number of aryl methyl sites for hydroxylation is 3. The summed E-state index contributed by atoms with van der Waals surface area (Å²) in [4.78, 5) is 0. The molecule has 0 spiro atoms. The molecule has 4 rings (SSSR count). The lowest BCUT2D eigenvalue weighted by atomic mass is 9.61. The summed E-state index contributed by atoms with van der Waals surface area (Å²) in [6.07, 6.45) is 6.59. The third-order valence-corrected chi connectivity index (χ3v) is 7.73. The van der Waals surface area contributed by atoms with Gasteiger partial charge in [0.15, 0.2) is 0 Å². The zero-order valence-electron chi connectivity index (χ0n) is 20.1. The lowest BCUT2D eigenvalue weighted by molar-refractivity contribution is 0.309. The van der Waals surface area contributed by atoms with Gasteiger partial charge in [0, 0.05) is 5.41 Å². The molecule has 33 heavy (non-hydrogen) atoms. The number of benzene rings is 3. The monoisotopic (exact) mass is 444 g/mol. The van der Waals surface area contributed by atoms with Crippen molar-refractivity contribution in [3.8, 4) is 17.2 Å². The van der Waals surface area contributed by atoms with Crippen LogP contribution in [-0.2, 0) is 24.7 Å². The molecule has 174 valence electrons. The molecule has 1 atom stereocenters. The number of phenolic OH excluding ortho intramolecular Hbond substituents is 3. The number of aromatic hydroxyl groups is 3. The van der Waals surface area contributed by atoms with Crippen molar-refractivity contribution in [1.29, 1.82) is 0 Å². The minimum atomic E-state index is -0.192. The molecule has 1 aliphatic carbocycles. The smallest absolute Gasteiger partial charge is 0.118 e. The van der Waals surface area contributed by atoms with Gasteiger partial charge in [-0.15, -0.1) is 0 Å². The molecule has 0 bridgehead atoms. The normalized spacial score (nSPS) is 17.7. The van der Waals surface area contributed by atoms with Crippen molar-refractivity contribution in [2.45, 2.75) is 77.0 Å². The number of phenols is 3. The second kappa shape index (κ2) is 9.51. The van der Waals surface area contributed by atoms with Gasteiger partial charge in [0.25, 0.3) is 0 Å². The van der Waals surface area contributed by atoms with Crippen LogP contribution in [0.25, 0.3) is 0 Å². The van der Waals surface area contributed by atoms with Crippen molar-refractivity contribution in [3.63, 3.8) is 0 Å². The number of rotatable bonds is 6. The molecule has 3 aromatic carbocycles. The molecule has 3 N–H and O–H groups in total. The Morgan fingerprint density at radius 3 is 1.70 bits per heavy atom. The molecule has 1 saturated carbocycles. The van der Waals surface area contributed by atoms with Crippen LogP contribution < -0.4 is 0 Å². The summed E-state index contributed by atoms with van der Waals surface area (Å²) >= 11 is 0. The summed E-state index contributed by atoms with van der Waals surface area (Å²) in [5.74, 6) is 1.47. The molecule has 0 aromatic heterocycles. The summed E-state index contributed by atoms with van der Waals surface area (Å²) in [7, 11) is 0. The van der Waals surface area contributed by atoms with E-state index in [1.807, 2.05) is 18.2 Å². The van der Waals surface area contributed by atoms with Crippen LogP contribution in [0.15, 0.2) is 54.6 Å². The molecular weight excluding hydrogens is 408 g/mol. The Morgan fingerprint density at radius 2 is 1.18 bits per heavy atom. The van der Waals surface area contributed by atoms with E-state index in [1.165, 1.54) is 16.7 Å². The molecule has 3 aromatic rings. The molecule has 0 saturated heterocycles. The summed E-state index contributed by atoms with van der Waals surface area (Å²) in [6.45, 7) is 6.23.